The third-order valence-corrected chi connectivity index (χ3v) is 4.28. The molecule has 0 bridgehead atoms. The Kier molecular flexibility index (Phi) is 3.24. The van der Waals surface area contributed by atoms with Crippen LogP contribution in [0.25, 0.3) is 0 Å². The number of rotatable bonds is 3. The number of nitrogens with two attached hydrogens (primary N) is 1. The van der Waals surface area contributed by atoms with E-state index in [4.69, 9.17) is 5.73 Å². The molecule has 1 fully saturated rings. The van der Waals surface area contributed by atoms with Gasteiger partial charge >= 0.3 is 0 Å². The van der Waals surface area contributed by atoms with Crippen molar-refractivity contribution >= 4 is 28.1 Å². The molecule has 0 aromatic carbocycles. The van der Waals surface area contributed by atoms with Crippen LogP contribution in [0.1, 0.15) is 61.4 Å². The minimum Gasteiger partial charge on any atom is -0.395 e. The lowest BCUT2D eigenvalue weighted by atomic mass is 9.93. The SMILES string of the molecule is CC(C)(C)c1csc(NC(=O)c2n[nH]c(C3CC3)c2N)n1. The molecule has 3 rings (SSSR count). The number of nitrogens with zero attached hydrogens (tertiary/aromatic N) is 2. The molecule has 0 unspecified atom stereocenters. The molecule has 2 aromatic heterocycles. The van der Waals surface area contributed by atoms with Crippen LogP contribution in [0.15, 0.2) is 5.38 Å². The van der Waals surface area contributed by atoms with Gasteiger partial charge in [0, 0.05) is 16.7 Å². The van der Waals surface area contributed by atoms with E-state index in [2.05, 4.69) is 41.3 Å². The van der Waals surface area contributed by atoms with E-state index in [0.717, 1.165) is 24.2 Å². The van der Waals surface area contributed by atoms with Crippen LogP contribution in [-0.2, 0) is 5.41 Å². The summed E-state index contributed by atoms with van der Waals surface area (Å²) in [5.74, 6) is 0.122. The third kappa shape index (κ3) is 2.78. The molecule has 0 spiro atoms. The number of carbonyl (C=O) groups is 1. The number of amides is 1. The van der Waals surface area contributed by atoms with Gasteiger partial charge in [0.15, 0.2) is 10.8 Å². The number of carbonyl (C=O) groups excluding carboxylic acids is 1. The van der Waals surface area contributed by atoms with Crippen molar-refractivity contribution in [3.05, 3.63) is 22.5 Å². The summed E-state index contributed by atoms with van der Waals surface area (Å²) in [4.78, 5) is 16.7. The summed E-state index contributed by atoms with van der Waals surface area (Å²) < 4.78 is 0. The first kappa shape index (κ1) is 14.1. The standard InChI is InChI=1S/C14H19N5OS/c1-14(2,3)8-6-21-13(16-8)17-12(20)11-9(15)10(18-19-11)7-4-5-7/h6-7H,4-5,15H2,1-3H3,(H,18,19)(H,16,17,20). The van der Waals surface area contributed by atoms with Crippen LogP contribution in [0.3, 0.4) is 0 Å². The van der Waals surface area contributed by atoms with Gasteiger partial charge in [0.1, 0.15) is 0 Å². The lowest BCUT2D eigenvalue weighted by Gasteiger charge is -2.14. The van der Waals surface area contributed by atoms with Crippen LogP contribution >= 0.6 is 11.3 Å². The van der Waals surface area contributed by atoms with Crippen LogP contribution in [0.5, 0.6) is 0 Å². The van der Waals surface area contributed by atoms with Crippen LogP contribution in [0.4, 0.5) is 10.8 Å². The van der Waals surface area contributed by atoms with E-state index in [-0.39, 0.29) is 17.0 Å². The largest absolute Gasteiger partial charge is 0.395 e. The molecule has 1 saturated carbocycles. The molecule has 7 heteroatoms. The van der Waals surface area contributed by atoms with Crippen molar-refractivity contribution in [3.63, 3.8) is 0 Å². The molecule has 0 saturated heterocycles. The van der Waals surface area contributed by atoms with Gasteiger partial charge in [0.2, 0.25) is 0 Å². The summed E-state index contributed by atoms with van der Waals surface area (Å²) in [5.41, 5.74) is 8.52. The Labute approximate surface area is 127 Å². The van der Waals surface area contributed by atoms with E-state index >= 15 is 0 Å². The predicted molar refractivity (Wildman–Crippen MR) is 83.7 cm³/mol. The minimum absolute atomic E-state index is 0.0377. The smallest absolute Gasteiger partial charge is 0.280 e. The summed E-state index contributed by atoms with van der Waals surface area (Å²) in [7, 11) is 0. The van der Waals surface area contributed by atoms with Crippen molar-refractivity contribution in [2.45, 2.75) is 44.9 Å². The van der Waals surface area contributed by atoms with Crippen molar-refractivity contribution in [3.8, 4) is 0 Å². The molecule has 2 aromatic rings. The maximum absolute atomic E-state index is 12.2. The fourth-order valence-corrected chi connectivity index (χ4v) is 2.98. The van der Waals surface area contributed by atoms with Gasteiger partial charge in [-0.15, -0.1) is 11.3 Å². The van der Waals surface area contributed by atoms with E-state index < -0.39 is 0 Å². The number of thiazole rings is 1. The minimum atomic E-state index is -0.314. The van der Waals surface area contributed by atoms with Gasteiger partial charge in [-0.1, -0.05) is 20.8 Å². The zero-order valence-corrected chi connectivity index (χ0v) is 13.2. The Hall–Kier alpha value is -1.89. The Morgan fingerprint density at radius 3 is 2.76 bits per heavy atom. The molecule has 1 amide bonds. The summed E-state index contributed by atoms with van der Waals surface area (Å²) in [6, 6.07) is 0. The number of nitrogens with one attached hydrogen (secondary N) is 2. The monoisotopic (exact) mass is 305 g/mol. The number of anilines is 2. The highest BCUT2D eigenvalue weighted by atomic mass is 32.1. The second-order valence-electron chi connectivity index (χ2n) is 6.42. The average Bonchev–Trinajstić information content (AvgIpc) is 2.98. The molecule has 21 heavy (non-hydrogen) atoms. The lowest BCUT2D eigenvalue weighted by molar-refractivity contribution is 0.102. The summed E-state index contributed by atoms with van der Waals surface area (Å²) in [6.45, 7) is 6.25. The zero-order chi connectivity index (χ0) is 15.2. The number of hydrogen-bond acceptors (Lipinski definition) is 5. The molecule has 6 nitrogen and oxygen atoms in total. The molecule has 0 radical (unpaired) electrons. The highest BCUT2D eigenvalue weighted by molar-refractivity contribution is 7.14. The van der Waals surface area contributed by atoms with Crippen molar-refractivity contribution in [1.82, 2.24) is 15.2 Å². The molecule has 112 valence electrons. The molecular formula is C14H19N5OS. The van der Waals surface area contributed by atoms with Crippen LogP contribution in [0.2, 0.25) is 0 Å². The van der Waals surface area contributed by atoms with E-state index in [0.29, 0.717) is 16.7 Å². The van der Waals surface area contributed by atoms with Gasteiger partial charge in [-0.3, -0.25) is 15.2 Å². The topological polar surface area (TPSA) is 96.7 Å². The maximum atomic E-state index is 12.2. The summed E-state index contributed by atoms with van der Waals surface area (Å²) in [6.07, 6.45) is 2.21. The fourth-order valence-electron chi connectivity index (χ4n) is 2.05. The Bertz CT molecular complexity index is 678. The fraction of sp³-hybridized carbons (Fsp3) is 0.500. The Balaban J connectivity index is 1.75. The predicted octanol–water partition coefficient (Wildman–Crippen LogP) is 2.88. The second-order valence-corrected chi connectivity index (χ2v) is 7.27. The number of H-pyrrole nitrogens is 1. The molecular weight excluding hydrogens is 286 g/mol. The maximum Gasteiger partial charge on any atom is 0.280 e. The molecule has 4 N–H and O–H groups in total. The molecule has 1 aliphatic rings. The van der Waals surface area contributed by atoms with Crippen LogP contribution < -0.4 is 11.1 Å². The number of aromatic amines is 1. The molecule has 2 heterocycles. The van der Waals surface area contributed by atoms with E-state index in [9.17, 15) is 4.79 Å². The quantitative estimate of drug-likeness (QED) is 0.812. The first-order chi connectivity index (χ1) is 9.86. The van der Waals surface area contributed by atoms with Crippen LogP contribution in [-0.4, -0.2) is 21.1 Å². The average molecular weight is 305 g/mol. The first-order valence-electron chi connectivity index (χ1n) is 6.97. The van der Waals surface area contributed by atoms with E-state index in [1.54, 1.807) is 0 Å². The molecule has 0 atom stereocenters. The number of hydrogen-bond donors (Lipinski definition) is 3. The summed E-state index contributed by atoms with van der Waals surface area (Å²) in [5, 5.41) is 12.2. The van der Waals surface area contributed by atoms with Gasteiger partial charge in [-0.25, -0.2) is 4.98 Å². The van der Waals surface area contributed by atoms with Gasteiger partial charge < -0.3 is 5.73 Å². The van der Waals surface area contributed by atoms with Gasteiger partial charge in [0.25, 0.3) is 5.91 Å². The van der Waals surface area contributed by atoms with Gasteiger partial charge in [-0.2, -0.15) is 5.10 Å². The number of aromatic nitrogens is 3. The van der Waals surface area contributed by atoms with Crippen molar-refractivity contribution < 1.29 is 4.79 Å². The van der Waals surface area contributed by atoms with Gasteiger partial charge in [0.05, 0.1) is 17.1 Å². The first-order valence-corrected chi connectivity index (χ1v) is 7.85. The Morgan fingerprint density at radius 2 is 2.19 bits per heavy atom. The summed E-state index contributed by atoms with van der Waals surface area (Å²) >= 11 is 1.41. The Morgan fingerprint density at radius 1 is 1.48 bits per heavy atom. The molecule has 0 aliphatic heterocycles. The highest BCUT2D eigenvalue weighted by Crippen LogP contribution is 2.42. The zero-order valence-electron chi connectivity index (χ0n) is 12.4. The highest BCUT2D eigenvalue weighted by Gasteiger charge is 2.30. The van der Waals surface area contributed by atoms with Gasteiger partial charge in [-0.05, 0) is 12.8 Å². The molecule has 1 aliphatic carbocycles. The van der Waals surface area contributed by atoms with Crippen molar-refractivity contribution in [1.29, 1.82) is 0 Å². The van der Waals surface area contributed by atoms with E-state index in [1.807, 2.05) is 5.38 Å². The van der Waals surface area contributed by atoms with Crippen molar-refractivity contribution in [2.75, 3.05) is 11.1 Å². The second kappa shape index (κ2) is 4.84. The van der Waals surface area contributed by atoms with E-state index in [1.165, 1.54) is 11.3 Å². The van der Waals surface area contributed by atoms with Crippen LogP contribution in [0, 0.1) is 0 Å². The number of nitrogen functional groups attached to an aromatic ring is 1. The third-order valence-electron chi connectivity index (χ3n) is 3.53. The normalized spacial score (nSPS) is 15.2. The lowest BCUT2D eigenvalue weighted by Crippen LogP contribution is -2.15. The van der Waals surface area contributed by atoms with Crippen molar-refractivity contribution in [2.24, 2.45) is 0 Å².